The summed E-state index contributed by atoms with van der Waals surface area (Å²) in [6.07, 6.45) is 8.98. The fourth-order valence-corrected chi connectivity index (χ4v) is 12.4. The molecule has 1 heteroatoms. The van der Waals surface area contributed by atoms with Crippen LogP contribution in [0.25, 0.3) is 16.7 Å². The number of rotatable bonds is 3. The molecule has 0 nitrogen and oxygen atoms in total. The first-order chi connectivity index (χ1) is 13.3. The summed E-state index contributed by atoms with van der Waals surface area (Å²) < 4.78 is 6.89. The third-order valence-corrected chi connectivity index (χ3v) is 13.3. The van der Waals surface area contributed by atoms with Crippen LogP contribution in [-0.2, 0) is 27.4 Å². The van der Waals surface area contributed by atoms with Crippen molar-refractivity contribution in [2.75, 3.05) is 0 Å². The van der Waals surface area contributed by atoms with Crippen molar-refractivity contribution in [3.63, 3.8) is 0 Å². The molecule has 5 rings (SSSR count). The van der Waals surface area contributed by atoms with Crippen LogP contribution in [0.5, 0.6) is 0 Å². The number of hydrogen-bond donors (Lipinski definition) is 0. The standard InChI is InChI=1S/C18H13.C7H6.CH3.Hf/c1-2-6-13(5-1)14-9-10-18-16(11-14)12-15-7-3-4-8-17(15)18;1-7-5-3-2-4-6-7;;/h1-5,7-10H,6,12H2;1-6H;1H3;. The van der Waals surface area contributed by atoms with Gasteiger partial charge < -0.3 is 0 Å². The fourth-order valence-electron chi connectivity index (χ4n) is 4.45. The van der Waals surface area contributed by atoms with Gasteiger partial charge in [0, 0.05) is 0 Å². The Kier molecular flexibility index (Phi) is 4.49. The molecule has 0 unspecified atom stereocenters. The van der Waals surface area contributed by atoms with Gasteiger partial charge >= 0.3 is 169 Å². The van der Waals surface area contributed by atoms with Crippen molar-refractivity contribution in [3.8, 4) is 11.1 Å². The average molecular weight is 513 g/mol. The van der Waals surface area contributed by atoms with Crippen LogP contribution in [0.4, 0.5) is 0 Å². The molecule has 0 saturated heterocycles. The van der Waals surface area contributed by atoms with E-state index in [1.54, 1.807) is 8.88 Å². The first-order valence-corrected chi connectivity index (χ1v) is 17.1. The van der Waals surface area contributed by atoms with Gasteiger partial charge in [-0.05, 0) is 0 Å². The van der Waals surface area contributed by atoms with Crippen LogP contribution in [0.2, 0.25) is 4.68 Å². The van der Waals surface area contributed by atoms with E-state index in [0.29, 0.717) is 0 Å². The Balaban J connectivity index is 1.71. The summed E-state index contributed by atoms with van der Waals surface area (Å²) in [5, 5.41) is 0. The summed E-state index contributed by atoms with van der Waals surface area (Å²) >= 11 is -2.12. The summed E-state index contributed by atoms with van der Waals surface area (Å²) in [4.78, 5) is 0. The van der Waals surface area contributed by atoms with E-state index < -0.39 is 21.0 Å². The van der Waals surface area contributed by atoms with Crippen molar-refractivity contribution in [2.45, 2.75) is 17.5 Å². The van der Waals surface area contributed by atoms with Crippen LogP contribution in [0.1, 0.15) is 28.7 Å². The van der Waals surface area contributed by atoms with Gasteiger partial charge in [0.15, 0.2) is 0 Å². The molecular formula is C26H22Hf. The Bertz CT molecular complexity index is 1110. The molecule has 0 radical (unpaired) electrons. The van der Waals surface area contributed by atoms with Gasteiger partial charge in [-0.2, -0.15) is 0 Å². The SMILES string of the molecule is [CH3][Hf](=[CH]c1ccccc1)[c]1c(C2=CC=CC2)ccc2c1Cc1ccccc1-2. The third kappa shape index (κ3) is 3.08. The van der Waals surface area contributed by atoms with Crippen LogP contribution >= 0.6 is 0 Å². The zero-order chi connectivity index (χ0) is 18.2. The quantitative estimate of drug-likeness (QED) is 0.307. The molecule has 0 saturated carbocycles. The molecule has 0 fully saturated rings. The summed E-state index contributed by atoms with van der Waals surface area (Å²) in [7, 11) is 0. The van der Waals surface area contributed by atoms with E-state index >= 15 is 0 Å². The second-order valence-electron chi connectivity index (χ2n) is 7.41. The second-order valence-corrected chi connectivity index (χ2v) is 15.2. The van der Waals surface area contributed by atoms with E-state index in [-0.39, 0.29) is 0 Å². The van der Waals surface area contributed by atoms with E-state index in [0.717, 1.165) is 12.8 Å². The first kappa shape index (κ1) is 17.0. The minimum absolute atomic E-state index is 1.07. The number of allylic oxidation sites excluding steroid dienone is 4. The van der Waals surface area contributed by atoms with Crippen molar-refractivity contribution in [2.24, 2.45) is 0 Å². The van der Waals surface area contributed by atoms with Crippen LogP contribution in [0.15, 0.2) is 85.0 Å². The summed E-state index contributed by atoms with van der Waals surface area (Å²) in [5.74, 6) is 0. The molecule has 3 aromatic carbocycles. The summed E-state index contributed by atoms with van der Waals surface area (Å²) in [6.45, 7) is 0. The Morgan fingerprint density at radius 1 is 0.815 bits per heavy atom. The van der Waals surface area contributed by atoms with Crippen molar-refractivity contribution in [1.82, 2.24) is 0 Å². The Morgan fingerprint density at radius 2 is 1.59 bits per heavy atom. The molecule has 27 heavy (non-hydrogen) atoms. The van der Waals surface area contributed by atoms with Crippen LogP contribution in [0, 0.1) is 0 Å². The molecule has 0 aromatic heterocycles. The first-order valence-electron chi connectivity index (χ1n) is 9.65. The Morgan fingerprint density at radius 3 is 2.41 bits per heavy atom. The molecule has 0 aliphatic heterocycles. The van der Waals surface area contributed by atoms with Crippen molar-refractivity contribution in [3.05, 3.63) is 107 Å². The molecule has 0 atom stereocenters. The Hall–Kier alpha value is -2.12. The fraction of sp³-hybridized carbons (Fsp3) is 0.115. The van der Waals surface area contributed by atoms with Gasteiger partial charge in [0.2, 0.25) is 0 Å². The van der Waals surface area contributed by atoms with Gasteiger partial charge in [-0.15, -0.1) is 0 Å². The zero-order valence-corrected chi connectivity index (χ0v) is 19.2. The van der Waals surface area contributed by atoms with Gasteiger partial charge in [-0.25, -0.2) is 0 Å². The number of benzene rings is 3. The molecule has 2 aliphatic rings. The van der Waals surface area contributed by atoms with Crippen molar-refractivity contribution in [1.29, 1.82) is 0 Å². The summed E-state index contributed by atoms with van der Waals surface area (Å²) in [6, 6.07) is 24.6. The van der Waals surface area contributed by atoms with Crippen LogP contribution < -0.4 is 3.32 Å². The van der Waals surface area contributed by atoms with E-state index in [4.69, 9.17) is 0 Å². The molecule has 130 valence electrons. The van der Waals surface area contributed by atoms with E-state index in [9.17, 15) is 0 Å². The molecule has 3 aromatic rings. The zero-order valence-electron chi connectivity index (χ0n) is 15.6. The maximum absolute atomic E-state index is 2.62. The average Bonchev–Trinajstić information content (AvgIpc) is 3.35. The van der Waals surface area contributed by atoms with Gasteiger partial charge in [0.25, 0.3) is 0 Å². The van der Waals surface area contributed by atoms with Crippen LogP contribution in [-0.4, -0.2) is 3.76 Å². The molecule has 2 aliphatic carbocycles. The molecular weight excluding hydrogens is 491 g/mol. The van der Waals surface area contributed by atoms with E-state index in [1.165, 1.54) is 33.4 Å². The number of hydrogen-bond acceptors (Lipinski definition) is 0. The van der Waals surface area contributed by atoms with Gasteiger partial charge in [0.05, 0.1) is 0 Å². The molecule has 0 spiro atoms. The van der Waals surface area contributed by atoms with Gasteiger partial charge in [-0.3, -0.25) is 0 Å². The maximum atomic E-state index is 2.62. The molecule has 0 amide bonds. The molecule has 0 heterocycles. The van der Waals surface area contributed by atoms with E-state index in [2.05, 4.69) is 93.4 Å². The second kappa shape index (κ2) is 7.13. The van der Waals surface area contributed by atoms with Gasteiger partial charge in [-0.1, -0.05) is 0 Å². The normalized spacial score (nSPS) is 14.9. The topological polar surface area (TPSA) is 0 Å². The molecule has 0 bridgehead atoms. The predicted octanol–water partition coefficient (Wildman–Crippen LogP) is 5.74. The Labute approximate surface area is 168 Å². The van der Waals surface area contributed by atoms with E-state index in [1.807, 2.05) is 0 Å². The minimum atomic E-state index is -2.12. The predicted molar refractivity (Wildman–Crippen MR) is 114 cm³/mol. The van der Waals surface area contributed by atoms with Crippen molar-refractivity contribution < 1.29 is 21.0 Å². The monoisotopic (exact) mass is 514 g/mol. The summed E-state index contributed by atoms with van der Waals surface area (Å²) in [5.41, 5.74) is 10.4. The van der Waals surface area contributed by atoms with Crippen LogP contribution in [0.3, 0.4) is 0 Å². The number of fused-ring (bicyclic) bond motifs is 3. The third-order valence-electron chi connectivity index (χ3n) is 5.68. The van der Waals surface area contributed by atoms with Gasteiger partial charge in [0.1, 0.15) is 0 Å². The molecule has 0 N–H and O–H groups in total. The van der Waals surface area contributed by atoms with Crippen molar-refractivity contribution >= 4 is 12.7 Å².